The van der Waals surface area contributed by atoms with Crippen LogP contribution in [0, 0.1) is 0 Å². The van der Waals surface area contributed by atoms with Crippen molar-refractivity contribution in [3.63, 3.8) is 0 Å². The molecular formula is C16H17F3N4O3S. The summed E-state index contributed by atoms with van der Waals surface area (Å²) >= 11 is 5.08. The normalized spacial score (nSPS) is 19.0. The van der Waals surface area contributed by atoms with Gasteiger partial charge in [0.05, 0.1) is 0 Å². The van der Waals surface area contributed by atoms with Crippen molar-refractivity contribution in [1.82, 2.24) is 15.8 Å². The summed E-state index contributed by atoms with van der Waals surface area (Å²) in [4.78, 5) is 24.8. The maximum Gasteiger partial charge on any atom is 0.573 e. The molecule has 0 bridgehead atoms. The largest absolute Gasteiger partial charge is 0.573 e. The number of anilines is 1. The van der Waals surface area contributed by atoms with E-state index in [2.05, 4.69) is 20.8 Å². The van der Waals surface area contributed by atoms with Crippen LogP contribution < -0.4 is 20.8 Å². The van der Waals surface area contributed by atoms with Crippen LogP contribution in [0.25, 0.3) is 0 Å². The average Bonchev–Trinajstić information content (AvgIpc) is 2.80. The number of alkyl halides is 3. The van der Waals surface area contributed by atoms with Gasteiger partial charge in [-0.05, 0) is 49.3 Å². The molecule has 7 nitrogen and oxygen atoms in total. The number of hydrazine groups is 1. The lowest BCUT2D eigenvalue weighted by atomic mass is 9.82. The Balaban J connectivity index is 1.59. The van der Waals surface area contributed by atoms with E-state index >= 15 is 0 Å². The number of nitrogens with one attached hydrogen (secondary N) is 3. The smallest absolute Gasteiger partial charge is 0.406 e. The van der Waals surface area contributed by atoms with Crippen molar-refractivity contribution in [3.05, 3.63) is 24.3 Å². The summed E-state index contributed by atoms with van der Waals surface area (Å²) in [5, 5.41) is 6.22. The van der Waals surface area contributed by atoms with E-state index in [4.69, 9.17) is 12.2 Å². The molecule has 0 atom stereocenters. The second-order valence-electron chi connectivity index (χ2n) is 6.35. The molecule has 1 saturated carbocycles. The van der Waals surface area contributed by atoms with Gasteiger partial charge in [0.15, 0.2) is 5.11 Å². The van der Waals surface area contributed by atoms with Crippen LogP contribution in [0.1, 0.15) is 32.1 Å². The lowest BCUT2D eigenvalue weighted by Crippen LogP contribution is -2.51. The summed E-state index contributed by atoms with van der Waals surface area (Å²) in [5.74, 6) is -0.759. The van der Waals surface area contributed by atoms with Crippen molar-refractivity contribution in [2.24, 2.45) is 0 Å². The van der Waals surface area contributed by atoms with E-state index < -0.39 is 17.9 Å². The van der Waals surface area contributed by atoms with Gasteiger partial charge >= 0.3 is 12.4 Å². The topological polar surface area (TPSA) is 82.7 Å². The minimum absolute atomic E-state index is 0.0455. The number of ether oxygens (including phenoxy) is 1. The fourth-order valence-electron chi connectivity index (χ4n) is 3.22. The maximum atomic E-state index is 12.6. The lowest BCUT2D eigenvalue weighted by Gasteiger charge is -2.30. The lowest BCUT2D eigenvalue weighted by molar-refractivity contribution is -0.274. The van der Waals surface area contributed by atoms with Gasteiger partial charge in [-0.25, -0.2) is 4.79 Å². The fourth-order valence-corrected chi connectivity index (χ4v) is 3.43. The van der Waals surface area contributed by atoms with E-state index in [1.54, 1.807) is 0 Å². The monoisotopic (exact) mass is 402 g/mol. The Kier molecular flexibility index (Phi) is 5.13. The Morgan fingerprint density at radius 1 is 1.15 bits per heavy atom. The van der Waals surface area contributed by atoms with Crippen molar-refractivity contribution >= 4 is 35.0 Å². The third kappa shape index (κ3) is 4.41. The molecule has 1 heterocycles. The Labute approximate surface area is 158 Å². The SMILES string of the molecule is O=C1NC2(CCCCC2)C(=O)N1NC(=S)Nc1ccc(OC(F)(F)F)cc1. The number of carbonyl (C=O) groups excluding carboxylic acids is 2. The molecule has 1 aliphatic carbocycles. The van der Waals surface area contributed by atoms with Crippen LogP contribution >= 0.6 is 12.2 Å². The minimum Gasteiger partial charge on any atom is -0.406 e. The third-order valence-corrected chi connectivity index (χ3v) is 4.62. The molecule has 11 heteroatoms. The molecule has 0 radical (unpaired) electrons. The molecule has 1 aliphatic heterocycles. The highest BCUT2D eigenvalue weighted by molar-refractivity contribution is 7.80. The molecule has 1 aromatic rings. The van der Waals surface area contributed by atoms with Crippen LogP contribution in [0.3, 0.4) is 0 Å². The summed E-state index contributed by atoms with van der Waals surface area (Å²) in [6, 6.07) is 4.29. The summed E-state index contributed by atoms with van der Waals surface area (Å²) in [7, 11) is 0. The van der Waals surface area contributed by atoms with E-state index in [9.17, 15) is 22.8 Å². The van der Waals surface area contributed by atoms with Crippen LogP contribution in [0.4, 0.5) is 23.7 Å². The molecule has 2 aliphatic rings. The van der Waals surface area contributed by atoms with Gasteiger partial charge in [0.2, 0.25) is 0 Å². The Bertz CT molecular complexity index is 748. The van der Waals surface area contributed by atoms with Gasteiger partial charge in [0.1, 0.15) is 11.3 Å². The number of imide groups is 1. The third-order valence-electron chi connectivity index (χ3n) is 4.43. The summed E-state index contributed by atoms with van der Waals surface area (Å²) in [6.07, 6.45) is -0.881. The van der Waals surface area contributed by atoms with Crippen molar-refractivity contribution in [1.29, 1.82) is 0 Å². The van der Waals surface area contributed by atoms with Crippen LogP contribution in [0.15, 0.2) is 24.3 Å². The maximum absolute atomic E-state index is 12.6. The van der Waals surface area contributed by atoms with Crippen molar-refractivity contribution in [2.45, 2.75) is 44.0 Å². The number of benzene rings is 1. The number of thiocarbonyl (C=S) groups is 1. The first-order chi connectivity index (χ1) is 12.7. The summed E-state index contributed by atoms with van der Waals surface area (Å²) in [6.45, 7) is 0. The van der Waals surface area contributed by atoms with Crippen LogP contribution in [-0.4, -0.2) is 34.0 Å². The zero-order chi connectivity index (χ0) is 19.7. The van der Waals surface area contributed by atoms with Gasteiger partial charge in [-0.3, -0.25) is 10.2 Å². The predicted molar refractivity (Wildman–Crippen MR) is 93.7 cm³/mol. The number of rotatable bonds is 3. The molecule has 0 unspecified atom stereocenters. The summed E-state index contributed by atoms with van der Waals surface area (Å²) in [5.41, 5.74) is 2.01. The molecule has 27 heavy (non-hydrogen) atoms. The number of halogens is 3. The van der Waals surface area contributed by atoms with Crippen molar-refractivity contribution in [3.8, 4) is 5.75 Å². The Hall–Kier alpha value is -2.56. The predicted octanol–water partition coefficient (Wildman–Crippen LogP) is 3.04. The molecule has 3 N–H and O–H groups in total. The zero-order valence-corrected chi connectivity index (χ0v) is 14.9. The van der Waals surface area contributed by atoms with Crippen LogP contribution in [0.2, 0.25) is 0 Å². The number of amides is 3. The molecule has 3 amide bonds. The van der Waals surface area contributed by atoms with Crippen molar-refractivity contribution in [2.75, 3.05) is 5.32 Å². The number of hydrogen-bond donors (Lipinski definition) is 3. The van der Waals surface area contributed by atoms with Gasteiger partial charge in [-0.1, -0.05) is 19.3 Å². The fraction of sp³-hybridized carbons (Fsp3) is 0.438. The molecule has 0 aromatic heterocycles. The van der Waals surface area contributed by atoms with E-state index in [0.29, 0.717) is 18.5 Å². The number of urea groups is 1. The highest BCUT2D eigenvalue weighted by Gasteiger charge is 2.51. The minimum atomic E-state index is -4.77. The Morgan fingerprint density at radius 3 is 2.37 bits per heavy atom. The van der Waals surface area contributed by atoms with Gasteiger partial charge in [-0.2, -0.15) is 5.01 Å². The van der Waals surface area contributed by atoms with Gasteiger partial charge in [-0.15, -0.1) is 13.2 Å². The second-order valence-corrected chi connectivity index (χ2v) is 6.76. The Morgan fingerprint density at radius 2 is 1.78 bits per heavy atom. The molecule has 1 spiro atoms. The molecular weight excluding hydrogens is 385 g/mol. The van der Waals surface area contributed by atoms with E-state index in [1.165, 1.54) is 12.1 Å². The van der Waals surface area contributed by atoms with Gasteiger partial charge < -0.3 is 15.4 Å². The van der Waals surface area contributed by atoms with Crippen LogP contribution in [-0.2, 0) is 4.79 Å². The standard InChI is InChI=1S/C16H17F3N4O3S/c17-16(18,19)26-11-6-4-10(5-7-11)20-13(27)22-23-12(24)15(21-14(23)25)8-2-1-3-9-15/h4-7H,1-3,8-9H2,(H,21,25)(H2,20,22,27). The van der Waals surface area contributed by atoms with Crippen molar-refractivity contribution < 1.29 is 27.5 Å². The molecule has 3 rings (SSSR count). The average molecular weight is 402 g/mol. The quantitative estimate of drug-likeness (QED) is 0.533. The highest BCUT2D eigenvalue weighted by Crippen LogP contribution is 2.33. The first-order valence-electron chi connectivity index (χ1n) is 8.29. The summed E-state index contributed by atoms with van der Waals surface area (Å²) < 4.78 is 40.3. The zero-order valence-electron chi connectivity index (χ0n) is 14.1. The number of carbonyl (C=O) groups is 2. The first kappa shape index (κ1) is 19.2. The molecule has 1 saturated heterocycles. The van der Waals surface area contributed by atoms with Gasteiger partial charge in [0, 0.05) is 5.69 Å². The first-order valence-corrected chi connectivity index (χ1v) is 8.70. The van der Waals surface area contributed by atoms with Gasteiger partial charge in [0.25, 0.3) is 5.91 Å². The second kappa shape index (κ2) is 7.22. The van der Waals surface area contributed by atoms with E-state index in [1.807, 2.05) is 0 Å². The highest BCUT2D eigenvalue weighted by atomic mass is 32.1. The van der Waals surface area contributed by atoms with Crippen LogP contribution in [0.5, 0.6) is 5.75 Å². The molecule has 146 valence electrons. The molecule has 2 fully saturated rings. The number of hydrogen-bond acceptors (Lipinski definition) is 4. The molecule has 1 aromatic carbocycles. The number of nitrogens with zero attached hydrogens (tertiary/aromatic N) is 1. The van der Waals surface area contributed by atoms with E-state index in [0.717, 1.165) is 36.4 Å². The van der Waals surface area contributed by atoms with E-state index in [-0.39, 0.29) is 16.8 Å².